The monoisotopic (exact) mass is 485 g/mol. The molecule has 0 saturated carbocycles. The van der Waals surface area contributed by atoms with Crippen molar-refractivity contribution in [3.8, 4) is 5.75 Å². The third-order valence-electron chi connectivity index (χ3n) is 5.20. The number of benzene rings is 2. The number of piperazine rings is 1. The maximum Gasteiger partial charge on any atom is 0.248 e. The highest BCUT2D eigenvalue weighted by Gasteiger charge is 2.20. The number of anilines is 2. The zero-order valence-electron chi connectivity index (χ0n) is 17.9. The fourth-order valence-electron chi connectivity index (χ4n) is 3.53. The summed E-state index contributed by atoms with van der Waals surface area (Å²) in [5.74, 6) is 0.736. The Bertz CT molecular complexity index is 936. The lowest BCUT2D eigenvalue weighted by Crippen LogP contribution is -2.48. The third-order valence-corrected chi connectivity index (χ3v) is 5.70. The molecule has 0 spiro atoms. The van der Waals surface area contributed by atoms with Crippen molar-refractivity contribution in [2.24, 2.45) is 0 Å². The van der Waals surface area contributed by atoms with Crippen LogP contribution < -0.4 is 15.0 Å². The van der Waals surface area contributed by atoms with E-state index in [1.54, 1.807) is 13.2 Å². The van der Waals surface area contributed by atoms with E-state index in [9.17, 15) is 9.59 Å². The zero-order valence-corrected chi connectivity index (χ0v) is 19.5. The molecule has 2 aromatic rings. The number of rotatable bonds is 7. The topological polar surface area (TPSA) is 61.9 Å². The first-order valence-electron chi connectivity index (χ1n) is 10.5. The molecule has 0 atom stereocenters. The zero-order chi connectivity index (χ0) is 22.2. The summed E-state index contributed by atoms with van der Waals surface area (Å²) in [4.78, 5) is 28.6. The first kappa shape index (κ1) is 22.9. The number of nitrogens with zero attached hydrogens (tertiary/aromatic N) is 2. The fraction of sp³-hybridized carbons (Fsp3) is 0.333. The summed E-state index contributed by atoms with van der Waals surface area (Å²) >= 11 is 3.43. The van der Waals surface area contributed by atoms with Crippen LogP contribution in [0.3, 0.4) is 0 Å². The molecule has 2 amide bonds. The molecular formula is C24H28BrN3O3. The van der Waals surface area contributed by atoms with Crippen molar-refractivity contribution in [3.63, 3.8) is 0 Å². The highest BCUT2D eigenvalue weighted by molar-refractivity contribution is 9.10. The van der Waals surface area contributed by atoms with Crippen molar-refractivity contribution >= 4 is 45.2 Å². The van der Waals surface area contributed by atoms with Crippen LogP contribution >= 0.6 is 15.9 Å². The average Bonchev–Trinajstić information content (AvgIpc) is 2.78. The molecule has 31 heavy (non-hydrogen) atoms. The Hall–Kier alpha value is -2.80. The smallest absolute Gasteiger partial charge is 0.248 e. The number of hydrogen-bond acceptors (Lipinski definition) is 4. The van der Waals surface area contributed by atoms with Gasteiger partial charge in [0.1, 0.15) is 5.75 Å². The van der Waals surface area contributed by atoms with E-state index in [0.717, 1.165) is 54.0 Å². The Morgan fingerprint density at radius 2 is 1.81 bits per heavy atom. The molecule has 164 valence electrons. The van der Waals surface area contributed by atoms with Crippen molar-refractivity contribution in [1.82, 2.24) is 4.90 Å². The van der Waals surface area contributed by atoms with E-state index < -0.39 is 0 Å². The number of halogens is 1. The van der Waals surface area contributed by atoms with Crippen LogP contribution in [-0.4, -0.2) is 50.0 Å². The maximum atomic E-state index is 12.3. The SMILES string of the molecule is CCCC(=O)N1CCN(c2ccc(NC(=O)/C=C/c3cc(Br)ccc3OC)cc2)CC1. The Balaban J connectivity index is 1.54. The molecule has 6 nitrogen and oxygen atoms in total. The molecule has 1 N–H and O–H groups in total. The van der Waals surface area contributed by atoms with Crippen molar-refractivity contribution in [1.29, 1.82) is 0 Å². The van der Waals surface area contributed by atoms with Crippen molar-refractivity contribution in [3.05, 3.63) is 58.6 Å². The van der Waals surface area contributed by atoms with E-state index in [1.807, 2.05) is 54.3 Å². The molecule has 2 aromatic carbocycles. The van der Waals surface area contributed by atoms with Crippen LogP contribution in [0.15, 0.2) is 53.0 Å². The van der Waals surface area contributed by atoms with Crippen molar-refractivity contribution < 1.29 is 14.3 Å². The summed E-state index contributed by atoms with van der Waals surface area (Å²) < 4.78 is 6.24. The Morgan fingerprint density at radius 1 is 1.10 bits per heavy atom. The summed E-state index contributed by atoms with van der Waals surface area (Å²) in [5, 5.41) is 2.88. The predicted molar refractivity (Wildman–Crippen MR) is 129 cm³/mol. The lowest BCUT2D eigenvalue weighted by molar-refractivity contribution is -0.131. The van der Waals surface area contributed by atoms with Crippen LogP contribution in [0.5, 0.6) is 5.75 Å². The first-order valence-corrected chi connectivity index (χ1v) is 11.2. The molecular weight excluding hydrogens is 458 g/mol. The minimum Gasteiger partial charge on any atom is -0.496 e. The molecule has 7 heteroatoms. The highest BCUT2D eigenvalue weighted by atomic mass is 79.9. The van der Waals surface area contributed by atoms with Gasteiger partial charge in [0.15, 0.2) is 0 Å². The standard InChI is InChI=1S/C24H28BrN3O3/c1-3-4-24(30)28-15-13-27(14-16-28)21-9-7-20(8-10-21)26-23(29)12-5-18-17-19(25)6-11-22(18)31-2/h5-12,17H,3-4,13-16H2,1-2H3,(H,26,29)/b12-5+. The van der Waals surface area contributed by atoms with Gasteiger partial charge in [-0.1, -0.05) is 22.9 Å². The van der Waals surface area contributed by atoms with Crippen molar-refractivity contribution in [2.45, 2.75) is 19.8 Å². The van der Waals surface area contributed by atoms with Gasteiger partial charge in [0, 0.05) is 60.1 Å². The molecule has 0 radical (unpaired) electrons. The largest absolute Gasteiger partial charge is 0.496 e. The van der Waals surface area contributed by atoms with Gasteiger partial charge in [0.2, 0.25) is 11.8 Å². The fourth-order valence-corrected chi connectivity index (χ4v) is 3.91. The first-order chi connectivity index (χ1) is 15.0. The van der Waals surface area contributed by atoms with Crippen LogP contribution in [0.2, 0.25) is 0 Å². The van der Waals surface area contributed by atoms with Crippen LogP contribution in [0.1, 0.15) is 25.3 Å². The van der Waals surface area contributed by atoms with Gasteiger partial charge in [-0.25, -0.2) is 0 Å². The van der Waals surface area contributed by atoms with Gasteiger partial charge >= 0.3 is 0 Å². The Kier molecular flexibility index (Phi) is 8.12. The number of amides is 2. The van der Waals surface area contributed by atoms with E-state index in [-0.39, 0.29) is 11.8 Å². The van der Waals surface area contributed by atoms with Gasteiger partial charge in [-0.2, -0.15) is 0 Å². The van der Waals surface area contributed by atoms with Gasteiger partial charge in [-0.15, -0.1) is 0 Å². The Labute approximate surface area is 192 Å². The molecule has 1 fully saturated rings. The van der Waals surface area contributed by atoms with Gasteiger partial charge in [0.25, 0.3) is 0 Å². The van der Waals surface area contributed by atoms with Gasteiger partial charge in [-0.05, 0) is 55.0 Å². The minimum absolute atomic E-state index is 0.210. The van der Waals surface area contributed by atoms with Crippen LogP contribution in [0.25, 0.3) is 6.08 Å². The minimum atomic E-state index is -0.210. The lowest BCUT2D eigenvalue weighted by atomic mass is 10.2. The molecule has 0 aliphatic carbocycles. The summed E-state index contributed by atoms with van der Waals surface area (Å²) in [5.41, 5.74) is 2.64. The number of methoxy groups -OCH3 is 1. The normalized spacial score (nSPS) is 14.0. The van der Waals surface area contributed by atoms with E-state index in [1.165, 1.54) is 6.08 Å². The van der Waals surface area contributed by atoms with E-state index in [4.69, 9.17) is 4.74 Å². The summed E-state index contributed by atoms with van der Waals surface area (Å²) in [7, 11) is 1.60. The maximum absolute atomic E-state index is 12.3. The van der Waals surface area contributed by atoms with Gasteiger partial charge in [-0.3, -0.25) is 9.59 Å². The van der Waals surface area contributed by atoms with Crippen LogP contribution in [-0.2, 0) is 9.59 Å². The number of carbonyl (C=O) groups is 2. The number of ether oxygens (including phenoxy) is 1. The quantitative estimate of drug-likeness (QED) is 0.583. The molecule has 1 aliphatic heterocycles. The molecule has 1 aliphatic rings. The Morgan fingerprint density at radius 3 is 2.45 bits per heavy atom. The predicted octanol–water partition coefficient (Wildman–Crippen LogP) is 4.56. The van der Waals surface area contributed by atoms with Crippen LogP contribution in [0, 0.1) is 0 Å². The lowest BCUT2D eigenvalue weighted by Gasteiger charge is -2.36. The average molecular weight is 486 g/mol. The second-order valence-electron chi connectivity index (χ2n) is 7.37. The molecule has 1 saturated heterocycles. The highest BCUT2D eigenvalue weighted by Crippen LogP contribution is 2.24. The second kappa shape index (κ2) is 11.0. The summed E-state index contributed by atoms with van der Waals surface area (Å²) in [6, 6.07) is 13.4. The summed E-state index contributed by atoms with van der Waals surface area (Å²) in [6.45, 7) is 5.17. The molecule has 0 bridgehead atoms. The van der Waals surface area contributed by atoms with Gasteiger partial charge in [0.05, 0.1) is 7.11 Å². The molecule has 3 rings (SSSR count). The van der Waals surface area contributed by atoms with Crippen LogP contribution in [0.4, 0.5) is 11.4 Å². The summed E-state index contributed by atoms with van der Waals surface area (Å²) in [6.07, 6.45) is 4.73. The molecule has 0 aromatic heterocycles. The second-order valence-corrected chi connectivity index (χ2v) is 8.29. The number of carbonyl (C=O) groups excluding carboxylic acids is 2. The molecule has 0 unspecified atom stereocenters. The van der Waals surface area contributed by atoms with Crippen molar-refractivity contribution in [2.75, 3.05) is 43.5 Å². The van der Waals surface area contributed by atoms with E-state index >= 15 is 0 Å². The third kappa shape index (κ3) is 6.34. The van der Waals surface area contributed by atoms with Gasteiger partial charge < -0.3 is 19.9 Å². The van der Waals surface area contributed by atoms with E-state index in [0.29, 0.717) is 12.2 Å². The number of nitrogens with one attached hydrogen (secondary N) is 1. The number of hydrogen-bond donors (Lipinski definition) is 1. The molecule has 1 heterocycles. The van der Waals surface area contributed by atoms with E-state index in [2.05, 4.69) is 26.1 Å².